The van der Waals surface area contributed by atoms with Crippen molar-refractivity contribution < 1.29 is 38.1 Å². The summed E-state index contributed by atoms with van der Waals surface area (Å²) < 4.78 is 18.6. The van der Waals surface area contributed by atoms with E-state index in [0.29, 0.717) is 0 Å². The molecule has 1 aromatic rings. The summed E-state index contributed by atoms with van der Waals surface area (Å²) in [5.41, 5.74) is -0.673. The summed E-state index contributed by atoms with van der Waals surface area (Å²) in [6, 6.07) is 5.43. The van der Waals surface area contributed by atoms with E-state index in [1.807, 2.05) is 0 Å². The Hall–Kier alpha value is -2.87. The zero-order valence-electron chi connectivity index (χ0n) is 14.4. The summed E-state index contributed by atoms with van der Waals surface area (Å²) in [4.78, 5) is 47.5. The van der Waals surface area contributed by atoms with Crippen LogP contribution >= 0.6 is 11.6 Å². The highest BCUT2D eigenvalue weighted by Gasteiger charge is 2.23. The Morgan fingerprint density at radius 3 is 1.38 bits per heavy atom. The number of carbonyl (C=O) groups excluding carboxylic acids is 4. The molecule has 0 atom stereocenters. The van der Waals surface area contributed by atoms with E-state index in [1.165, 1.54) is 24.3 Å². The quantitative estimate of drug-likeness (QED) is 0.274. The molecule has 8 nitrogen and oxygen atoms in total. The molecule has 0 fully saturated rings. The van der Waals surface area contributed by atoms with Crippen LogP contribution in [0.2, 0.25) is 0 Å². The molecule has 0 aliphatic heterocycles. The molecule has 0 amide bonds. The van der Waals surface area contributed by atoms with Gasteiger partial charge < -0.3 is 18.9 Å². The van der Waals surface area contributed by atoms with E-state index in [2.05, 4.69) is 14.2 Å². The van der Waals surface area contributed by atoms with Gasteiger partial charge in [0.2, 0.25) is 0 Å². The van der Waals surface area contributed by atoms with Crippen LogP contribution in [0, 0.1) is 0 Å². The molecule has 0 heterocycles. The van der Waals surface area contributed by atoms with Gasteiger partial charge in [0.25, 0.3) is 0 Å². The zero-order valence-corrected chi connectivity index (χ0v) is 15.1. The van der Waals surface area contributed by atoms with Crippen molar-refractivity contribution in [1.82, 2.24) is 0 Å². The lowest BCUT2D eigenvalue weighted by molar-refractivity contribution is -0.142. The van der Waals surface area contributed by atoms with E-state index in [4.69, 9.17) is 16.3 Å². The number of methoxy groups -OCH3 is 3. The van der Waals surface area contributed by atoms with Crippen molar-refractivity contribution >= 4 is 46.6 Å². The summed E-state index contributed by atoms with van der Waals surface area (Å²) in [6.07, 6.45) is 0. The van der Waals surface area contributed by atoms with Crippen LogP contribution in [0.15, 0.2) is 24.3 Å². The molecule has 0 aliphatic carbocycles. The molecular weight excluding hydrogens is 368 g/mol. The highest BCUT2D eigenvalue weighted by atomic mass is 35.5. The summed E-state index contributed by atoms with van der Waals surface area (Å²) >= 11 is 5.46. The number of rotatable bonds is 6. The van der Waals surface area contributed by atoms with Gasteiger partial charge >= 0.3 is 23.9 Å². The number of ether oxygens (including phenoxy) is 4. The predicted octanol–water partition coefficient (Wildman–Crippen LogP) is -0.711. The zero-order chi connectivity index (χ0) is 19.7. The predicted molar refractivity (Wildman–Crippen MR) is 90.2 cm³/mol. The van der Waals surface area contributed by atoms with Crippen molar-refractivity contribution in [1.29, 1.82) is 0 Å². The Kier molecular flexibility index (Phi) is 8.30. The van der Waals surface area contributed by atoms with Crippen molar-refractivity contribution in [3.05, 3.63) is 34.7 Å². The lowest BCUT2D eigenvalue weighted by Gasteiger charge is -2.06. The number of alkyl halides is 1. The fourth-order valence-corrected chi connectivity index (χ4v) is 2.03. The van der Waals surface area contributed by atoms with Crippen LogP contribution in [-0.2, 0) is 38.1 Å². The van der Waals surface area contributed by atoms with E-state index < -0.39 is 23.9 Å². The van der Waals surface area contributed by atoms with E-state index in [9.17, 15) is 19.2 Å². The lowest BCUT2D eigenvalue weighted by Crippen LogP contribution is -2.27. The molecule has 0 N–H and O–H groups in total. The molecular formula is C17H17ClO8. The Morgan fingerprint density at radius 2 is 1.08 bits per heavy atom. The number of halogens is 1. The Labute approximate surface area is 153 Å². The molecule has 0 aromatic heterocycles. The first-order valence-electron chi connectivity index (χ1n) is 7.24. The van der Waals surface area contributed by atoms with Crippen LogP contribution < -0.4 is 10.4 Å². The van der Waals surface area contributed by atoms with Crippen molar-refractivity contribution in [2.24, 2.45) is 0 Å². The second kappa shape index (κ2) is 10.2. The van der Waals surface area contributed by atoms with E-state index in [1.54, 1.807) is 0 Å². The number of benzene rings is 1. The molecule has 9 heteroatoms. The minimum atomic E-state index is -0.907. The maximum atomic E-state index is 12.1. The van der Waals surface area contributed by atoms with Crippen LogP contribution in [0.4, 0.5) is 0 Å². The van der Waals surface area contributed by atoms with E-state index in [0.717, 1.165) is 21.3 Å². The highest BCUT2D eigenvalue weighted by Crippen LogP contribution is 2.02. The van der Waals surface area contributed by atoms with Gasteiger partial charge in [-0.15, -0.1) is 11.6 Å². The summed E-state index contributed by atoms with van der Waals surface area (Å²) in [5, 5.41) is 0.361. The molecule has 0 aliphatic rings. The first kappa shape index (κ1) is 21.2. The molecule has 0 unspecified atom stereocenters. The van der Waals surface area contributed by atoms with Gasteiger partial charge in [-0.2, -0.15) is 0 Å². The Bertz CT molecular complexity index is 786. The van der Waals surface area contributed by atoms with Gasteiger partial charge in [0, 0.05) is 0 Å². The third kappa shape index (κ3) is 5.06. The van der Waals surface area contributed by atoms with E-state index in [-0.39, 0.29) is 34.1 Å². The van der Waals surface area contributed by atoms with Crippen LogP contribution in [0.25, 0.3) is 11.1 Å². The van der Waals surface area contributed by atoms with Crippen LogP contribution in [0.3, 0.4) is 0 Å². The minimum Gasteiger partial charge on any atom is -0.465 e. The van der Waals surface area contributed by atoms with Gasteiger partial charge in [0.15, 0.2) is 11.1 Å². The van der Waals surface area contributed by atoms with Gasteiger partial charge in [0.1, 0.15) is 6.61 Å². The molecule has 0 radical (unpaired) electrons. The second-order valence-electron chi connectivity index (χ2n) is 4.63. The number of carbonyl (C=O) groups is 4. The summed E-state index contributed by atoms with van der Waals surface area (Å²) in [6.45, 7) is -0.0818. The summed E-state index contributed by atoms with van der Waals surface area (Å²) in [5.74, 6) is -3.51. The molecule has 26 heavy (non-hydrogen) atoms. The standard InChI is InChI=1S/C17H17ClO8/c1-23-14(19)12(15(20)24-2)10-4-6-11(7-5-10)13(16(21)25-3)17(22)26-9-8-18/h4-7H,8-9H2,1-3H3. The molecule has 0 bridgehead atoms. The van der Waals surface area contributed by atoms with Gasteiger partial charge in [-0.05, 0) is 10.4 Å². The van der Waals surface area contributed by atoms with Crippen LogP contribution in [0.1, 0.15) is 0 Å². The third-order valence-electron chi connectivity index (χ3n) is 3.15. The smallest absolute Gasteiger partial charge is 0.346 e. The molecule has 1 aromatic carbocycles. The Balaban J connectivity index is 3.58. The maximum absolute atomic E-state index is 12.1. The van der Waals surface area contributed by atoms with Gasteiger partial charge in [-0.3, -0.25) is 0 Å². The van der Waals surface area contributed by atoms with Crippen molar-refractivity contribution in [3.8, 4) is 0 Å². The van der Waals surface area contributed by atoms with Crippen molar-refractivity contribution in [2.75, 3.05) is 33.8 Å². The SMILES string of the molecule is COC(=O)C(C(=O)OC)=c1ccc(=C(C(=O)OC)C(=O)OCCCl)cc1. The Morgan fingerprint density at radius 1 is 0.731 bits per heavy atom. The number of hydrogen-bond acceptors (Lipinski definition) is 8. The summed E-state index contributed by atoms with van der Waals surface area (Å²) in [7, 11) is 3.36. The molecule has 140 valence electrons. The normalized spacial score (nSPS) is 9.69. The molecule has 0 saturated heterocycles. The molecule has 0 saturated carbocycles. The van der Waals surface area contributed by atoms with Crippen LogP contribution in [0.5, 0.6) is 0 Å². The average molecular weight is 385 g/mol. The minimum absolute atomic E-state index is 0.0652. The fraction of sp³-hybridized carbons (Fsp3) is 0.294. The molecule has 1 rings (SSSR count). The monoisotopic (exact) mass is 384 g/mol. The third-order valence-corrected chi connectivity index (χ3v) is 3.30. The second-order valence-corrected chi connectivity index (χ2v) is 5.00. The van der Waals surface area contributed by atoms with Crippen molar-refractivity contribution in [2.45, 2.75) is 0 Å². The lowest BCUT2D eigenvalue weighted by atomic mass is 10.1. The van der Waals surface area contributed by atoms with Crippen LogP contribution in [-0.4, -0.2) is 57.7 Å². The topological polar surface area (TPSA) is 105 Å². The van der Waals surface area contributed by atoms with Gasteiger partial charge in [-0.25, -0.2) is 19.2 Å². The molecule has 0 spiro atoms. The van der Waals surface area contributed by atoms with Gasteiger partial charge in [-0.1, -0.05) is 24.3 Å². The highest BCUT2D eigenvalue weighted by molar-refractivity contribution is 6.37. The number of esters is 4. The van der Waals surface area contributed by atoms with Gasteiger partial charge in [0.05, 0.1) is 27.2 Å². The average Bonchev–Trinajstić information content (AvgIpc) is 2.67. The first-order chi connectivity index (χ1) is 12.4. The largest absolute Gasteiger partial charge is 0.465 e. The van der Waals surface area contributed by atoms with E-state index >= 15 is 0 Å². The van der Waals surface area contributed by atoms with Crippen molar-refractivity contribution in [3.63, 3.8) is 0 Å². The number of hydrogen-bond donors (Lipinski definition) is 0. The first-order valence-corrected chi connectivity index (χ1v) is 7.77. The maximum Gasteiger partial charge on any atom is 0.346 e. The fourth-order valence-electron chi connectivity index (χ4n) is 1.95.